The Bertz CT molecular complexity index is 553. The predicted molar refractivity (Wildman–Crippen MR) is 87.1 cm³/mol. The van der Waals surface area contributed by atoms with Gasteiger partial charge in [0.05, 0.1) is 20.3 Å². The van der Waals surface area contributed by atoms with Gasteiger partial charge >= 0.3 is 0 Å². The first-order valence-electron chi connectivity index (χ1n) is 7.67. The lowest BCUT2D eigenvalue weighted by atomic mass is 10.1. The smallest absolute Gasteiger partial charge is 0.161 e. The third kappa shape index (κ3) is 5.07. The Morgan fingerprint density at radius 1 is 1.23 bits per heavy atom. The molecule has 2 rings (SSSR count). The maximum absolute atomic E-state index is 5.80. The maximum atomic E-state index is 5.80. The molecule has 120 valence electrons. The Morgan fingerprint density at radius 3 is 2.77 bits per heavy atom. The van der Waals surface area contributed by atoms with Crippen molar-refractivity contribution in [2.24, 2.45) is 5.92 Å². The standard InChI is InChI=1S/C17H25N3O2/c1-13(2)6-9-22-15-5-4-14(10-16(15)21-3)11-18-12-17-19-7-8-20-17/h4-5,7-8,10,13,18H,6,9,11-12H2,1-3H3,(H,19,20). The lowest BCUT2D eigenvalue weighted by Crippen LogP contribution is -2.13. The van der Waals surface area contributed by atoms with Gasteiger partial charge in [-0.1, -0.05) is 19.9 Å². The highest BCUT2D eigenvalue weighted by Crippen LogP contribution is 2.28. The first-order valence-corrected chi connectivity index (χ1v) is 7.67. The topological polar surface area (TPSA) is 59.2 Å². The number of aromatic nitrogens is 2. The van der Waals surface area contributed by atoms with Crippen LogP contribution in [0.2, 0.25) is 0 Å². The molecule has 0 aliphatic rings. The van der Waals surface area contributed by atoms with Crippen molar-refractivity contribution in [3.63, 3.8) is 0 Å². The van der Waals surface area contributed by atoms with Crippen LogP contribution in [0.4, 0.5) is 0 Å². The molecule has 0 aliphatic carbocycles. The molecule has 22 heavy (non-hydrogen) atoms. The molecule has 1 aromatic heterocycles. The summed E-state index contributed by atoms with van der Waals surface area (Å²) in [7, 11) is 1.67. The van der Waals surface area contributed by atoms with Crippen LogP contribution in [0.1, 0.15) is 31.7 Å². The Labute approximate surface area is 132 Å². The fourth-order valence-electron chi connectivity index (χ4n) is 2.07. The molecule has 0 saturated heterocycles. The highest BCUT2D eigenvalue weighted by atomic mass is 16.5. The highest BCUT2D eigenvalue weighted by molar-refractivity contribution is 5.42. The molecule has 0 spiro atoms. The van der Waals surface area contributed by atoms with Gasteiger partial charge < -0.3 is 19.8 Å². The van der Waals surface area contributed by atoms with Crippen LogP contribution < -0.4 is 14.8 Å². The summed E-state index contributed by atoms with van der Waals surface area (Å²) in [5, 5.41) is 3.34. The van der Waals surface area contributed by atoms with Crippen molar-refractivity contribution in [2.45, 2.75) is 33.4 Å². The van der Waals surface area contributed by atoms with E-state index in [9.17, 15) is 0 Å². The lowest BCUT2D eigenvalue weighted by Gasteiger charge is -2.13. The molecule has 0 fully saturated rings. The molecule has 0 saturated carbocycles. The lowest BCUT2D eigenvalue weighted by molar-refractivity contribution is 0.273. The Balaban J connectivity index is 1.87. The van der Waals surface area contributed by atoms with Gasteiger partial charge in [-0.25, -0.2) is 4.98 Å². The molecule has 0 atom stereocenters. The summed E-state index contributed by atoms with van der Waals surface area (Å²) < 4.78 is 11.2. The number of hydrogen-bond acceptors (Lipinski definition) is 4. The highest BCUT2D eigenvalue weighted by Gasteiger charge is 2.06. The minimum atomic E-state index is 0.635. The Kier molecular flexibility index (Phi) is 6.27. The zero-order valence-corrected chi connectivity index (χ0v) is 13.6. The molecule has 5 heteroatoms. The van der Waals surface area contributed by atoms with Gasteiger partial charge in [0, 0.05) is 18.9 Å². The molecule has 0 bridgehead atoms. The zero-order chi connectivity index (χ0) is 15.8. The SMILES string of the molecule is COc1cc(CNCc2ncc[nH]2)ccc1OCCC(C)C. The summed E-state index contributed by atoms with van der Waals surface area (Å²) in [6, 6.07) is 6.05. The molecular weight excluding hydrogens is 278 g/mol. The third-order valence-electron chi connectivity index (χ3n) is 3.36. The number of methoxy groups -OCH3 is 1. The quantitative estimate of drug-likeness (QED) is 0.747. The van der Waals surface area contributed by atoms with E-state index in [-0.39, 0.29) is 0 Å². The van der Waals surface area contributed by atoms with E-state index in [1.54, 1.807) is 13.3 Å². The average molecular weight is 303 g/mol. The van der Waals surface area contributed by atoms with Gasteiger partial charge in [-0.15, -0.1) is 0 Å². The number of H-pyrrole nitrogens is 1. The van der Waals surface area contributed by atoms with Crippen LogP contribution in [0.15, 0.2) is 30.6 Å². The van der Waals surface area contributed by atoms with E-state index in [0.717, 1.165) is 35.9 Å². The summed E-state index contributed by atoms with van der Waals surface area (Å²) >= 11 is 0. The van der Waals surface area contributed by atoms with Crippen molar-refractivity contribution < 1.29 is 9.47 Å². The van der Waals surface area contributed by atoms with Crippen molar-refractivity contribution in [2.75, 3.05) is 13.7 Å². The van der Waals surface area contributed by atoms with E-state index < -0.39 is 0 Å². The fraction of sp³-hybridized carbons (Fsp3) is 0.471. The number of rotatable bonds is 9. The molecule has 0 amide bonds. The second-order valence-electron chi connectivity index (χ2n) is 5.66. The van der Waals surface area contributed by atoms with Crippen molar-refractivity contribution >= 4 is 0 Å². The number of aromatic amines is 1. The summed E-state index contributed by atoms with van der Waals surface area (Å²) in [5.41, 5.74) is 1.15. The zero-order valence-electron chi connectivity index (χ0n) is 13.6. The summed E-state index contributed by atoms with van der Waals surface area (Å²) in [6.07, 6.45) is 4.61. The van der Waals surface area contributed by atoms with Crippen molar-refractivity contribution in [3.8, 4) is 11.5 Å². The molecule has 0 unspecified atom stereocenters. The number of ether oxygens (including phenoxy) is 2. The average Bonchev–Trinajstić information content (AvgIpc) is 3.01. The molecule has 1 aromatic carbocycles. The van der Waals surface area contributed by atoms with E-state index in [4.69, 9.17) is 9.47 Å². The first-order chi connectivity index (χ1) is 10.7. The monoisotopic (exact) mass is 303 g/mol. The van der Waals surface area contributed by atoms with Crippen molar-refractivity contribution in [1.29, 1.82) is 0 Å². The Morgan fingerprint density at radius 2 is 2.09 bits per heavy atom. The molecule has 0 radical (unpaired) electrons. The fourth-order valence-corrected chi connectivity index (χ4v) is 2.07. The molecule has 1 heterocycles. The van der Waals surface area contributed by atoms with Gasteiger partial charge in [0.1, 0.15) is 5.82 Å². The summed E-state index contributed by atoms with van der Waals surface area (Å²) in [5.74, 6) is 3.15. The number of nitrogens with one attached hydrogen (secondary N) is 2. The van der Waals surface area contributed by atoms with E-state index in [2.05, 4.69) is 35.2 Å². The van der Waals surface area contributed by atoms with Crippen LogP contribution in [0.5, 0.6) is 11.5 Å². The van der Waals surface area contributed by atoms with Crippen LogP contribution in [0.25, 0.3) is 0 Å². The van der Waals surface area contributed by atoms with Gasteiger partial charge in [0.2, 0.25) is 0 Å². The van der Waals surface area contributed by atoms with E-state index >= 15 is 0 Å². The van der Waals surface area contributed by atoms with Gasteiger partial charge in [-0.3, -0.25) is 0 Å². The minimum absolute atomic E-state index is 0.635. The first kappa shape index (κ1) is 16.4. The van der Waals surface area contributed by atoms with Gasteiger partial charge in [0.15, 0.2) is 11.5 Å². The van der Waals surface area contributed by atoms with E-state index in [1.165, 1.54) is 0 Å². The summed E-state index contributed by atoms with van der Waals surface area (Å²) in [4.78, 5) is 7.25. The largest absolute Gasteiger partial charge is 0.493 e. The molecule has 2 aromatic rings. The second-order valence-corrected chi connectivity index (χ2v) is 5.66. The van der Waals surface area contributed by atoms with Crippen LogP contribution in [-0.4, -0.2) is 23.7 Å². The van der Waals surface area contributed by atoms with Crippen LogP contribution >= 0.6 is 0 Å². The normalized spacial score (nSPS) is 10.9. The molecule has 2 N–H and O–H groups in total. The number of imidazole rings is 1. The van der Waals surface area contributed by atoms with Crippen LogP contribution in [0.3, 0.4) is 0 Å². The maximum Gasteiger partial charge on any atom is 0.161 e. The second kappa shape index (κ2) is 8.44. The number of hydrogen-bond donors (Lipinski definition) is 2. The van der Waals surface area contributed by atoms with Gasteiger partial charge in [-0.2, -0.15) is 0 Å². The van der Waals surface area contributed by atoms with Crippen LogP contribution in [0, 0.1) is 5.92 Å². The number of benzene rings is 1. The predicted octanol–water partition coefficient (Wildman–Crippen LogP) is 3.13. The van der Waals surface area contributed by atoms with Gasteiger partial charge in [-0.05, 0) is 30.0 Å². The molecular formula is C17H25N3O2. The van der Waals surface area contributed by atoms with Crippen molar-refractivity contribution in [1.82, 2.24) is 15.3 Å². The van der Waals surface area contributed by atoms with Crippen LogP contribution in [-0.2, 0) is 13.1 Å². The minimum Gasteiger partial charge on any atom is -0.493 e. The Hall–Kier alpha value is -2.01. The third-order valence-corrected chi connectivity index (χ3v) is 3.36. The van der Waals surface area contributed by atoms with E-state index in [1.807, 2.05) is 18.3 Å². The molecule has 0 aliphatic heterocycles. The van der Waals surface area contributed by atoms with Gasteiger partial charge in [0.25, 0.3) is 0 Å². The van der Waals surface area contributed by atoms with E-state index in [0.29, 0.717) is 19.1 Å². The van der Waals surface area contributed by atoms with Crippen molar-refractivity contribution in [3.05, 3.63) is 42.0 Å². The summed E-state index contributed by atoms with van der Waals surface area (Å²) in [6.45, 7) is 6.55. The number of nitrogens with zero attached hydrogens (tertiary/aromatic N) is 1. The molecule has 5 nitrogen and oxygen atoms in total.